The van der Waals surface area contributed by atoms with Gasteiger partial charge >= 0.3 is 5.97 Å². The number of nitrogens with two attached hydrogens (primary N) is 1. The van der Waals surface area contributed by atoms with E-state index in [0.717, 1.165) is 51.0 Å². The molecule has 2 N–H and O–H groups in total. The molecule has 33 heavy (non-hydrogen) atoms. The Kier molecular flexibility index (Phi) is 7.10. The molecule has 0 bridgehead atoms. The van der Waals surface area contributed by atoms with E-state index in [-0.39, 0.29) is 12.4 Å². The zero-order valence-electron chi connectivity index (χ0n) is 19.1. The van der Waals surface area contributed by atoms with Gasteiger partial charge in [0.05, 0.1) is 13.0 Å². The van der Waals surface area contributed by atoms with Gasteiger partial charge in [0.15, 0.2) is 0 Å². The van der Waals surface area contributed by atoms with Crippen molar-refractivity contribution in [3.05, 3.63) is 89.2 Å². The standard InChI is InChI=1S/C28H29NO4/c1-3-24-15-23-13-20(14-25(28(23)33-24)21-10-7-8-19(12-21)17-29)18-32-26-11-6-5-9-22(26)16-27(30)31-4-2/h5-15H,3-4,16-18,29H2,1-2H3. The summed E-state index contributed by atoms with van der Waals surface area (Å²) in [7, 11) is 0. The quantitative estimate of drug-likeness (QED) is 0.331. The summed E-state index contributed by atoms with van der Waals surface area (Å²) in [6.07, 6.45) is 1.01. The van der Waals surface area contributed by atoms with Gasteiger partial charge in [-0.25, -0.2) is 0 Å². The molecule has 0 aliphatic rings. The summed E-state index contributed by atoms with van der Waals surface area (Å²) >= 11 is 0. The third-order valence-electron chi connectivity index (χ3n) is 5.56. The van der Waals surface area contributed by atoms with E-state index < -0.39 is 0 Å². The first-order valence-corrected chi connectivity index (χ1v) is 11.3. The number of para-hydroxylation sites is 1. The molecule has 1 heterocycles. The highest BCUT2D eigenvalue weighted by Gasteiger charge is 2.14. The highest BCUT2D eigenvalue weighted by molar-refractivity contribution is 5.93. The predicted molar refractivity (Wildman–Crippen MR) is 130 cm³/mol. The number of hydrogen-bond donors (Lipinski definition) is 1. The molecule has 0 saturated carbocycles. The van der Waals surface area contributed by atoms with Gasteiger partial charge in [0.25, 0.3) is 0 Å². The number of esters is 1. The second kappa shape index (κ2) is 10.4. The highest BCUT2D eigenvalue weighted by atomic mass is 16.5. The van der Waals surface area contributed by atoms with E-state index in [1.54, 1.807) is 6.92 Å². The molecule has 0 aliphatic heterocycles. The second-order valence-corrected chi connectivity index (χ2v) is 7.91. The van der Waals surface area contributed by atoms with Crippen LogP contribution in [0, 0.1) is 0 Å². The fourth-order valence-corrected chi connectivity index (χ4v) is 3.93. The zero-order chi connectivity index (χ0) is 23.2. The van der Waals surface area contributed by atoms with Crippen molar-refractivity contribution in [2.45, 2.75) is 39.8 Å². The van der Waals surface area contributed by atoms with Crippen molar-refractivity contribution < 1.29 is 18.7 Å². The van der Waals surface area contributed by atoms with Gasteiger partial charge in [0, 0.05) is 29.5 Å². The first-order valence-electron chi connectivity index (χ1n) is 11.3. The molecule has 3 aromatic carbocycles. The SMILES string of the molecule is CCOC(=O)Cc1ccccc1OCc1cc(-c2cccc(CN)c2)c2oc(CC)cc2c1. The van der Waals surface area contributed by atoms with Crippen molar-refractivity contribution in [3.63, 3.8) is 0 Å². The highest BCUT2D eigenvalue weighted by Crippen LogP contribution is 2.34. The average molecular weight is 444 g/mol. The van der Waals surface area contributed by atoms with Crippen LogP contribution < -0.4 is 10.5 Å². The Morgan fingerprint density at radius 1 is 0.970 bits per heavy atom. The number of aryl methyl sites for hydroxylation is 1. The summed E-state index contributed by atoms with van der Waals surface area (Å²) < 4.78 is 17.4. The topological polar surface area (TPSA) is 74.7 Å². The van der Waals surface area contributed by atoms with Gasteiger partial charge in [-0.15, -0.1) is 0 Å². The van der Waals surface area contributed by atoms with E-state index >= 15 is 0 Å². The van der Waals surface area contributed by atoms with Gasteiger partial charge in [0.2, 0.25) is 0 Å². The lowest BCUT2D eigenvalue weighted by atomic mass is 9.99. The Bertz CT molecular complexity index is 1260. The number of fused-ring (bicyclic) bond motifs is 1. The molecule has 5 heteroatoms. The third-order valence-corrected chi connectivity index (χ3v) is 5.56. The fourth-order valence-electron chi connectivity index (χ4n) is 3.93. The van der Waals surface area contributed by atoms with Crippen LogP contribution in [0.15, 0.2) is 71.1 Å². The largest absolute Gasteiger partial charge is 0.489 e. The summed E-state index contributed by atoms with van der Waals surface area (Å²) in [5.74, 6) is 1.36. The Labute approximate surface area is 194 Å². The van der Waals surface area contributed by atoms with Crippen LogP contribution in [0.2, 0.25) is 0 Å². The number of carbonyl (C=O) groups excluding carboxylic acids is 1. The van der Waals surface area contributed by atoms with Gasteiger partial charge in [0.1, 0.15) is 23.7 Å². The van der Waals surface area contributed by atoms with E-state index in [4.69, 9.17) is 19.6 Å². The maximum absolute atomic E-state index is 12.0. The minimum atomic E-state index is -0.262. The van der Waals surface area contributed by atoms with Crippen molar-refractivity contribution in [3.8, 4) is 16.9 Å². The Morgan fingerprint density at radius 3 is 2.61 bits per heavy atom. The van der Waals surface area contributed by atoms with Crippen LogP contribution in [0.5, 0.6) is 5.75 Å². The molecule has 0 unspecified atom stereocenters. The minimum Gasteiger partial charge on any atom is -0.489 e. The lowest BCUT2D eigenvalue weighted by Crippen LogP contribution is -2.09. The van der Waals surface area contributed by atoms with E-state index in [1.807, 2.05) is 36.4 Å². The van der Waals surface area contributed by atoms with E-state index in [2.05, 4.69) is 37.3 Å². The molecule has 5 nitrogen and oxygen atoms in total. The zero-order valence-corrected chi connectivity index (χ0v) is 19.1. The number of benzene rings is 3. The molecular weight excluding hydrogens is 414 g/mol. The second-order valence-electron chi connectivity index (χ2n) is 7.91. The van der Waals surface area contributed by atoms with Crippen LogP contribution in [-0.2, 0) is 35.5 Å². The summed E-state index contributed by atoms with van der Waals surface area (Å²) in [5.41, 5.74) is 11.7. The summed E-state index contributed by atoms with van der Waals surface area (Å²) in [5, 5.41) is 1.04. The van der Waals surface area contributed by atoms with Crippen LogP contribution >= 0.6 is 0 Å². The Hall–Kier alpha value is -3.57. The fraction of sp³-hybridized carbons (Fsp3) is 0.250. The van der Waals surface area contributed by atoms with Crippen molar-refractivity contribution >= 4 is 16.9 Å². The minimum absolute atomic E-state index is 0.182. The summed E-state index contributed by atoms with van der Waals surface area (Å²) in [6.45, 7) is 5.09. The third kappa shape index (κ3) is 5.26. The van der Waals surface area contributed by atoms with E-state index in [0.29, 0.717) is 25.5 Å². The van der Waals surface area contributed by atoms with Crippen molar-refractivity contribution in [1.29, 1.82) is 0 Å². The Morgan fingerprint density at radius 2 is 1.82 bits per heavy atom. The lowest BCUT2D eigenvalue weighted by Gasteiger charge is -2.13. The van der Waals surface area contributed by atoms with Crippen LogP contribution in [0.3, 0.4) is 0 Å². The average Bonchev–Trinajstić information content (AvgIpc) is 3.26. The molecule has 4 aromatic rings. The summed E-state index contributed by atoms with van der Waals surface area (Å²) in [6, 6.07) is 22.1. The first kappa shape index (κ1) is 22.6. The normalized spacial score (nSPS) is 11.0. The van der Waals surface area contributed by atoms with Crippen LogP contribution in [-0.4, -0.2) is 12.6 Å². The number of carbonyl (C=O) groups is 1. The van der Waals surface area contributed by atoms with E-state index in [1.165, 1.54) is 0 Å². The van der Waals surface area contributed by atoms with Gasteiger partial charge in [-0.3, -0.25) is 4.79 Å². The smallest absolute Gasteiger partial charge is 0.310 e. The molecule has 0 aliphatic carbocycles. The maximum Gasteiger partial charge on any atom is 0.310 e. The van der Waals surface area contributed by atoms with Crippen molar-refractivity contribution in [1.82, 2.24) is 0 Å². The maximum atomic E-state index is 12.0. The molecule has 170 valence electrons. The van der Waals surface area contributed by atoms with Crippen LogP contribution in [0.25, 0.3) is 22.1 Å². The molecule has 0 radical (unpaired) electrons. The van der Waals surface area contributed by atoms with Crippen LogP contribution in [0.4, 0.5) is 0 Å². The predicted octanol–water partition coefficient (Wildman–Crippen LogP) is 5.81. The lowest BCUT2D eigenvalue weighted by molar-refractivity contribution is -0.142. The van der Waals surface area contributed by atoms with Crippen molar-refractivity contribution in [2.75, 3.05) is 6.61 Å². The van der Waals surface area contributed by atoms with Crippen molar-refractivity contribution in [2.24, 2.45) is 5.73 Å². The van der Waals surface area contributed by atoms with E-state index in [9.17, 15) is 4.79 Å². The molecule has 0 spiro atoms. The molecule has 0 amide bonds. The number of furan rings is 1. The number of rotatable bonds is 9. The first-order chi connectivity index (χ1) is 16.1. The molecule has 0 atom stereocenters. The molecule has 0 saturated heterocycles. The monoisotopic (exact) mass is 443 g/mol. The van der Waals surface area contributed by atoms with Gasteiger partial charge in [-0.05, 0) is 53.9 Å². The number of hydrogen-bond acceptors (Lipinski definition) is 5. The van der Waals surface area contributed by atoms with Gasteiger partial charge in [-0.2, -0.15) is 0 Å². The Balaban J connectivity index is 1.66. The number of ether oxygens (including phenoxy) is 2. The molecule has 0 fully saturated rings. The van der Waals surface area contributed by atoms with Gasteiger partial charge in [-0.1, -0.05) is 43.3 Å². The molecular formula is C28H29NO4. The van der Waals surface area contributed by atoms with Gasteiger partial charge < -0.3 is 19.6 Å². The molecule has 4 rings (SSSR count). The molecule has 1 aromatic heterocycles. The summed E-state index contributed by atoms with van der Waals surface area (Å²) in [4.78, 5) is 12.0. The van der Waals surface area contributed by atoms with Crippen LogP contribution in [0.1, 0.15) is 36.3 Å².